The van der Waals surface area contributed by atoms with Gasteiger partial charge in [-0.15, -0.1) is 0 Å². The van der Waals surface area contributed by atoms with Crippen LogP contribution in [-0.2, 0) is 16.6 Å². The molecule has 0 N–H and O–H groups in total. The Bertz CT molecular complexity index is 940. The monoisotopic (exact) mass is 328 g/mol. The molecule has 0 atom stereocenters. The minimum absolute atomic E-state index is 0.319. The number of nitrogens with zero attached hydrogens (tertiary/aromatic N) is 4. The maximum atomic E-state index is 13.3. The van der Waals surface area contributed by atoms with E-state index in [1.54, 1.807) is 37.0 Å². The van der Waals surface area contributed by atoms with Gasteiger partial charge in [0.25, 0.3) is 0 Å². The molecule has 0 bridgehead atoms. The second-order valence-corrected chi connectivity index (χ2v) is 5.28. The molecule has 0 aliphatic rings. The minimum Gasteiger partial charge on any atom is -0.463 e. The van der Waals surface area contributed by atoms with E-state index >= 15 is 0 Å². The van der Waals surface area contributed by atoms with Crippen molar-refractivity contribution in [2.45, 2.75) is 13.8 Å². The third kappa shape index (κ3) is 2.80. The maximum absolute atomic E-state index is 13.3. The SMILES string of the molecule is CCOC(=O)/C=C/c1c(C)nn(C)c1-n1ccc2cc(F)cnc21. The van der Waals surface area contributed by atoms with E-state index in [0.29, 0.717) is 17.6 Å². The number of hydrogen-bond donors (Lipinski definition) is 0. The van der Waals surface area contributed by atoms with Gasteiger partial charge >= 0.3 is 5.97 Å². The van der Waals surface area contributed by atoms with Crippen LogP contribution in [0.5, 0.6) is 0 Å². The summed E-state index contributed by atoms with van der Waals surface area (Å²) in [6.45, 7) is 3.93. The van der Waals surface area contributed by atoms with Crippen LogP contribution in [0.1, 0.15) is 18.2 Å². The summed E-state index contributed by atoms with van der Waals surface area (Å²) in [7, 11) is 1.80. The Labute approximate surface area is 138 Å². The molecule has 0 aromatic carbocycles. The Morgan fingerprint density at radius 1 is 1.46 bits per heavy atom. The van der Waals surface area contributed by atoms with Gasteiger partial charge in [-0.05, 0) is 32.1 Å². The average molecular weight is 328 g/mol. The molecule has 0 radical (unpaired) electrons. The highest BCUT2D eigenvalue weighted by Crippen LogP contribution is 2.24. The molecule has 0 fully saturated rings. The fourth-order valence-corrected chi connectivity index (χ4v) is 2.65. The van der Waals surface area contributed by atoms with Gasteiger partial charge in [-0.25, -0.2) is 14.2 Å². The topological polar surface area (TPSA) is 61.9 Å². The van der Waals surface area contributed by atoms with E-state index in [9.17, 15) is 9.18 Å². The van der Waals surface area contributed by atoms with Crippen molar-refractivity contribution in [2.75, 3.05) is 6.61 Å². The smallest absolute Gasteiger partial charge is 0.330 e. The van der Waals surface area contributed by atoms with Crippen LogP contribution in [0.4, 0.5) is 4.39 Å². The molecule has 0 spiro atoms. The van der Waals surface area contributed by atoms with E-state index in [0.717, 1.165) is 17.1 Å². The molecular formula is C17H17FN4O2. The van der Waals surface area contributed by atoms with Crippen molar-refractivity contribution >= 4 is 23.1 Å². The number of carbonyl (C=O) groups is 1. The summed E-state index contributed by atoms with van der Waals surface area (Å²) in [6, 6.07) is 3.21. The van der Waals surface area contributed by atoms with Crippen molar-refractivity contribution in [1.82, 2.24) is 19.3 Å². The number of ether oxygens (including phenoxy) is 1. The third-order valence-corrected chi connectivity index (χ3v) is 3.63. The van der Waals surface area contributed by atoms with Crippen molar-refractivity contribution in [3.8, 4) is 5.82 Å². The third-order valence-electron chi connectivity index (χ3n) is 3.63. The number of fused-ring (bicyclic) bond motifs is 1. The largest absolute Gasteiger partial charge is 0.463 e. The Hall–Kier alpha value is -2.96. The number of aryl methyl sites for hydroxylation is 2. The molecule has 0 aliphatic heterocycles. The van der Waals surface area contributed by atoms with E-state index in [-0.39, 0.29) is 5.82 Å². The van der Waals surface area contributed by atoms with Crippen LogP contribution in [-0.4, -0.2) is 31.9 Å². The predicted octanol–water partition coefficient (Wildman–Crippen LogP) is 2.78. The second-order valence-electron chi connectivity index (χ2n) is 5.28. The summed E-state index contributed by atoms with van der Waals surface area (Å²) in [4.78, 5) is 15.7. The fourth-order valence-electron chi connectivity index (χ4n) is 2.65. The van der Waals surface area contributed by atoms with Gasteiger partial charge in [0.05, 0.1) is 18.5 Å². The fraction of sp³-hybridized carbons (Fsp3) is 0.235. The first kappa shape index (κ1) is 15.9. The summed E-state index contributed by atoms with van der Waals surface area (Å²) in [6.07, 6.45) is 6.02. The molecule has 124 valence electrons. The highest BCUT2D eigenvalue weighted by molar-refractivity contribution is 5.88. The molecule has 0 saturated heterocycles. The van der Waals surface area contributed by atoms with E-state index in [1.807, 2.05) is 11.5 Å². The molecule has 3 aromatic rings. The molecule has 3 rings (SSSR count). The summed E-state index contributed by atoms with van der Waals surface area (Å²) >= 11 is 0. The molecular weight excluding hydrogens is 311 g/mol. The van der Waals surface area contributed by atoms with Crippen LogP contribution in [0.2, 0.25) is 0 Å². The minimum atomic E-state index is -0.413. The van der Waals surface area contributed by atoms with Gasteiger partial charge in [-0.2, -0.15) is 5.10 Å². The lowest BCUT2D eigenvalue weighted by Crippen LogP contribution is -2.04. The Kier molecular flexibility index (Phi) is 4.16. The van der Waals surface area contributed by atoms with Crippen LogP contribution >= 0.6 is 0 Å². The van der Waals surface area contributed by atoms with Crippen LogP contribution in [0.25, 0.3) is 22.9 Å². The molecule has 0 saturated carbocycles. The molecule has 0 aliphatic carbocycles. The molecule has 3 heterocycles. The number of hydrogen-bond acceptors (Lipinski definition) is 4. The zero-order valence-electron chi connectivity index (χ0n) is 13.7. The van der Waals surface area contributed by atoms with E-state index in [1.165, 1.54) is 18.3 Å². The molecule has 6 nitrogen and oxygen atoms in total. The standard InChI is InChI=1S/C17H17FN4O2/c1-4-24-15(23)6-5-14-11(2)20-21(3)17(14)22-8-7-12-9-13(18)10-19-16(12)22/h5-10H,4H2,1-3H3/b6-5+. The van der Waals surface area contributed by atoms with Crippen molar-refractivity contribution in [3.63, 3.8) is 0 Å². The van der Waals surface area contributed by atoms with E-state index in [4.69, 9.17) is 4.74 Å². The van der Waals surface area contributed by atoms with Crippen molar-refractivity contribution in [2.24, 2.45) is 7.05 Å². The number of rotatable bonds is 4. The van der Waals surface area contributed by atoms with Gasteiger partial charge in [-0.3, -0.25) is 9.25 Å². The van der Waals surface area contributed by atoms with Crippen LogP contribution in [0.15, 0.2) is 30.6 Å². The maximum Gasteiger partial charge on any atom is 0.330 e. The Morgan fingerprint density at radius 3 is 3.00 bits per heavy atom. The van der Waals surface area contributed by atoms with Gasteiger partial charge in [-0.1, -0.05) is 0 Å². The van der Waals surface area contributed by atoms with Gasteiger partial charge in [0.2, 0.25) is 0 Å². The number of carbonyl (C=O) groups excluding carboxylic acids is 1. The second kappa shape index (κ2) is 6.27. The average Bonchev–Trinajstić information content (AvgIpc) is 3.05. The number of aromatic nitrogens is 4. The lowest BCUT2D eigenvalue weighted by molar-refractivity contribution is -0.137. The first-order valence-corrected chi connectivity index (χ1v) is 7.52. The van der Waals surface area contributed by atoms with Gasteiger partial charge in [0.1, 0.15) is 17.3 Å². The quantitative estimate of drug-likeness (QED) is 0.546. The first-order chi connectivity index (χ1) is 11.5. The zero-order chi connectivity index (χ0) is 17.3. The van der Waals surface area contributed by atoms with Gasteiger partial charge in [0, 0.05) is 30.3 Å². The van der Waals surface area contributed by atoms with Crippen molar-refractivity contribution < 1.29 is 13.9 Å². The molecule has 24 heavy (non-hydrogen) atoms. The lowest BCUT2D eigenvalue weighted by atomic mass is 10.2. The van der Waals surface area contributed by atoms with E-state index in [2.05, 4.69) is 10.1 Å². The highest BCUT2D eigenvalue weighted by atomic mass is 19.1. The zero-order valence-corrected chi connectivity index (χ0v) is 13.7. The van der Waals surface area contributed by atoms with Crippen LogP contribution < -0.4 is 0 Å². The number of pyridine rings is 1. The normalized spacial score (nSPS) is 11.5. The summed E-state index contributed by atoms with van der Waals surface area (Å²) in [5.74, 6) is -0.0599. The molecule has 7 heteroatoms. The van der Waals surface area contributed by atoms with Gasteiger partial charge in [0.15, 0.2) is 0 Å². The van der Waals surface area contributed by atoms with Crippen molar-refractivity contribution in [1.29, 1.82) is 0 Å². The van der Waals surface area contributed by atoms with Crippen LogP contribution in [0.3, 0.4) is 0 Å². The van der Waals surface area contributed by atoms with E-state index < -0.39 is 5.97 Å². The number of esters is 1. The van der Waals surface area contributed by atoms with Gasteiger partial charge < -0.3 is 4.74 Å². The summed E-state index contributed by atoms with van der Waals surface area (Å²) < 4.78 is 21.8. The Morgan fingerprint density at radius 2 is 2.25 bits per heavy atom. The molecule has 3 aromatic heterocycles. The lowest BCUT2D eigenvalue weighted by Gasteiger charge is -2.07. The van der Waals surface area contributed by atoms with Crippen LogP contribution in [0, 0.1) is 12.7 Å². The molecule has 0 unspecified atom stereocenters. The van der Waals surface area contributed by atoms with Crippen molar-refractivity contribution in [3.05, 3.63) is 47.7 Å². The predicted molar refractivity (Wildman–Crippen MR) is 88.2 cm³/mol. The summed E-state index contributed by atoms with van der Waals surface area (Å²) in [5, 5.41) is 5.09. The Balaban J connectivity index is 2.12. The highest BCUT2D eigenvalue weighted by Gasteiger charge is 2.16. The first-order valence-electron chi connectivity index (χ1n) is 7.52. The molecule has 0 amide bonds. The number of halogens is 1. The summed E-state index contributed by atoms with van der Waals surface area (Å²) in [5.41, 5.74) is 2.15.